The van der Waals surface area contributed by atoms with Crippen LogP contribution in [0.5, 0.6) is 0 Å². The van der Waals surface area contributed by atoms with Gasteiger partial charge in [0.15, 0.2) is 5.78 Å². The number of hydrogen-bond donors (Lipinski definition) is 0. The molecule has 0 saturated heterocycles. The first-order chi connectivity index (χ1) is 9.27. The average molecular weight is 245 g/mol. The Kier molecular flexibility index (Phi) is 1.93. The normalized spacial score (nSPS) is 12.6. The molecular weight excluding hydrogens is 234 g/mol. The first-order valence-corrected chi connectivity index (χ1v) is 6.31. The molecule has 0 bridgehead atoms. The lowest BCUT2D eigenvalue weighted by Gasteiger charge is -2.07. The van der Waals surface area contributed by atoms with Crippen molar-refractivity contribution in [2.45, 2.75) is 6.92 Å². The zero-order valence-electron chi connectivity index (χ0n) is 10.5. The van der Waals surface area contributed by atoms with Crippen molar-refractivity contribution in [3.05, 3.63) is 65.4 Å². The zero-order chi connectivity index (χ0) is 13.0. The first-order valence-electron chi connectivity index (χ1n) is 6.31. The lowest BCUT2D eigenvalue weighted by atomic mass is 10.00. The quantitative estimate of drug-likeness (QED) is 0.472. The largest absolute Gasteiger partial charge is 0.288 e. The van der Waals surface area contributed by atoms with Crippen LogP contribution in [-0.2, 0) is 0 Å². The van der Waals surface area contributed by atoms with Crippen LogP contribution in [0.4, 0.5) is 0 Å². The molecule has 90 valence electrons. The third kappa shape index (κ3) is 1.26. The number of carbonyl (C=O) groups is 1. The van der Waals surface area contributed by atoms with Gasteiger partial charge in [0.2, 0.25) is 0 Å². The van der Waals surface area contributed by atoms with Gasteiger partial charge in [-0.3, -0.25) is 9.78 Å². The fourth-order valence-corrected chi connectivity index (χ4v) is 2.93. The summed E-state index contributed by atoms with van der Waals surface area (Å²) in [4.78, 5) is 17.1. The smallest absolute Gasteiger partial charge is 0.196 e. The van der Waals surface area contributed by atoms with E-state index in [1.54, 1.807) is 0 Å². The molecular formula is C17H11NO. The number of benzene rings is 2. The number of carbonyl (C=O) groups excluding carboxylic acids is 1. The molecule has 1 aromatic heterocycles. The summed E-state index contributed by atoms with van der Waals surface area (Å²) in [5.41, 5.74) is 5.39. The Morgan fingerprint density at radius 3 is 2.37 bits per heavy atom. The molecule has 2 nitrogen and oxygen atoms in total. The fourth-order valence-electron chi connectivity index (χ4n) is 2.93. The fraction of sp³-hybridized carbons (Fsp3) is 0.0588. The van der Waals surface area contributed by atoms with E-state index in [1.807, 2.05) is 55.5 Å². The van der Waals surface area contributed by atoms with E-state index in [9.17, 15) is 4.79 Å². The molecule has 0 aliphatic heterocycles. The van der Waals surface area contributed by atoms with Crippen molar-refractivity contribution in [1.82, 2.24) is 4.98 Å². The van der Waals surface area contributed by atoms with Gasteiger partial charge in [0, 0.05) is 22.2 Å². The number of para-hydroxylation sites is 1. The molecule has 2 aromatic carbocycles. The van der Waals surface area contributed by atoms with E-state index in [0.717, 1.165) is 38.9 Å². The number of aryl methyl sites for hydroxylation is 1. The van der Waals surface area contributed by atoms with Crippen molar-refractivity contribution in [2.24, 2.45) is 0 Å². The second-order valence-electron chi connectivity index (χ2n) is 4.84. The van der Waals surface area contributed by atoms with Crippen LogP contribution in [0, 0.1) is 6.92 Å². The highest BCUT2D eigenvalue weighted by atomic mass is 16.1. The molecule has 0 saturated carbocycles. The molecule has 4 rings (SSSR count). The summed E-state index contributed by atoms with van der Waals surface area (Å²) in [5.74, 6) is 0.0985. The van der Waals surface area contributed by atoms with Crippen LogP contribution in [0.3, 0.4) is 0 Å². The number of aromatic nitrogens is 1. The minimum atomic E-state index is 0.0985. The highest BCUT2D eigenvalue weighted by Gasteiger charge is 2.30. The number of rotatable bonds is 0. The molecule has 1 heterocycles. The van der Waals surface area contributed by atoms with E-state index in [1.165, 1.54) is 0 Å². The zero-order valence-corrected chi connectivity index (χ0v) is 10.5. The highest BCUT2D eigenvalue weighted by Crippen LogP contribution is 2.41. The Balaban J connectivity index is 2.26. The van der Waals surface area contributed by atoms with Gasteiger partial charge < -0.3 is 0 Å². The van der Waals surface area contributed by atoms with Crippen LogP contribution in [0.15, 0.2) is 48.5 Å². The maximum absolute atomic E-state index is 12.5. The van der Waals surface area contributed by atoms with Crippen LogP contribution >= 0.6 is 0 Å². The lowest BCUT2D eigenvalue weighted by Crippen LogP contribution is -2.00. The van der Waals surface area contributed by atoms with E-state index >= 15 is 0 Å². The summed E-state index contributed by atoms with van der Waals surface area (Å²) in [6, 6.07) is 15.8. The molecule has 2 heteroatoms. The van der Waals surface area contributed by atoms with E-state index in [-0.39, 0.29) is 5.78 Å². The minimum absolute atomic E-state index is 0.0985. The Morgan fingerprint density at radius 1 is 0.842 bits per heavy atom. The van der Waals surface area contributed by atoms with E-state index in [0.29, 0.717) is 0 Å². The summed E-state index contributed by atoms with van der Waals surface area (Å²) in [7, 11) is 0. The monoisotopic (exact) mass is 245 g/mol. The minimum Gasteiger partial charge on any atom is -0.288 e. The molecule has 0 spiro atoms. The molecule has 1 aliphatic carbocycles. The molecule has 19 heavy (non-hydrogen) atoms. The number of hydrogen-bond acceptors (Lipinski definition) is 2. The number of pyridine rings is 1. The lowest BCUT2D eigenvalue weighted by molar-refractivity contribution is 0.104. The van der Waals surface area contributed by atoms with Crippen LogP contribution in [0.1, 0.15) is 21.6 Å². The summed E-state index contributed by atoms with van der Waals surface area (Å²) in [5, 5.41) is 1.06. The van der Waals surface area contributed by atoms with Crippen molar-refractivity contribution in [3.63, 3.8) is 0 Å². The van der Waals surface area contributed by atoms with Gasteiger partial charge in [0.25, 0.3) is 0 Å². The number of nitrogens with zero attached hydrogens (tertiary/aromatic N) is 1. The summed E-state index contributed by atoms with van der Waals surface area (Å²) in [6.45, 7) is 1.91. The Bertz CT molecular complexity index is 849. The predicted octanol–water partition coefficient (Wildman–Crippen LogP) is 3.75. The summed E-state index contributed by atoms with van der Waals surface area (Å²) >= 11 is 0. The number of fused-ring (bicyclic) bond motifs is 5. The molecule has 1 aliphatic rings. The van der Waals surface area contributed by atoms with Crippen molar-refractivity contribution in [2.75, 3.05) is 0 Å². The summed E-state index contributed by atoms with van der Waals surface area (Å²) in [6.07, 6.45) is 0. The van der Waals surface area contributed by atoms with Gasteiger partial charge in [-0.05, 0) is 18.6 Å². The van der Waals surface area contributed by atoms with Gasteiger partial charge in [-0.15, -0.1) is 0 Å². The van der Waals surface area contributed by atoms with Crippen LogP contribution in [0.25, 0.3) is 22.0 Å². The molecule has 0 N–H and O–H groups in total. The van der Waals surface area contributed by atoms with E-state index < -0.39 is 0 Å². The highest BCUT2D eigenvalue weighted by molar-refractivity contribution is 6.26. The van der Waals surface area contributed by atoms with Crippen LogP contribution in [0.2, 0.25) is 0 Å². The van der Waals surface area contributed by atoms with Gasteiger partial charge in [-0.1, -0.05) is 42.5 Å². The second-order valence-corrected chi connectivity index (χ2v) is 4.84. The molecule has 0 unspecified atom stereocenters. The van der Waals surface area contributed by atoms with Gasteiger partial charge in [0.1, 0.15) is 0 Å². The first kappa shape index (κ1) is 10.4. The van der Waals surface area contributed by atoms with Crippen molar-refractivity contribution < 1.29 is 4.79 Å². The van der Waals surface area contributed by atoms with Crippen molar-refractivity contribution in [3.8, 4) is 11.1 Å². The van der Waals surface area contributed by atoms with Gasteiger partial charge in [-0.2, -0.15) is 0 Å². The van der Waals surface area contributed by atoms with E-state index in [2.05, 4.69) is 4.98 Å². The Morgan fingerprint density at radius 2 is 1.53 bits per heavy atom. The molecule has 3 aromatic rings. The Hall–Kier alpha value is -2.48. The third-order valence-corrected chi connectivity index (χ3v) is 3.74. The van der Waals surface area contributed by atoms with Gasteiger partial charge in [0.05, 0.1) is 11.1 Å². The van der Waals surface area contributed by atoms with E-state index in [4.69, 9.17) is 0 Å². The summed E-state index contributed by atoms with van der Waals surface area (Å²) < 4.78 is 0. The van der Waals surface area contributed by atoms with Crippen LogP contribution < -0.4 is 0 Å². The third-order valence-electron chi connectivity index (χ3n) is 3.74. The number of ketones is 1. The maximum Gasteiger partial charge on any atom is 0.196 e. The molecule has 0 fully saturated rings. The van der Waals surface area contributed by atoms with Gasteiger partial charge in [-0.25, -0.2) is 0 Å². The predicted molar refractivity (Wildman–Crippen MR) is 75.3 cm³/mol. The van der Waals surface area contributed by atoms with Crippen molar-refractivity contribution >= 4 is 16.7 Å². The van der Waals surface area contributed by atoms with Crippen molar-refractivity contribution in [1.29, 1.82) is 0 Å². The van der Waals surface area contributed by atoms with Crippen LogP contribution in [-0.4, -0.2) is 10.8 Å². The maximum atomic E-state index is 12.5. The standard InChI is InChI=1S/C17H11NO/c1-10-15-16(13-8-4-5-9-14(13)18-10)11-6-2-3-7-12(11)17(15)19/h2-9H,1H3. The van der Waals surface area contributed by atoms with Gasteiger partial charge >= 0.3 is 0 Å². The second kappa shape index (κ2) is 3.51. The Labute approximate surface area is 110 Å². The molecule has 0 radical (unpaired) electrons. The molecule has 0 atom stereocenters. The SMILES string of the molecule is Cc1nc2ccccc2c2c1C(=O)c1ccccc1-2. The average Bonchev–Trinajstić information content (AvgIpc) is 2.74. The molecule has 0 amide bonds. The topological polar surface area (TPSA) is 30.0 Å².